The summed E-state index contributed by atoms with van der Waals surface area (Å²) in [5.74, 6) is 0. The van der Waals surface area contributed by atoms with Crippen molar-refractivity contribution in [3.63, 3.8) is 0 Å². The second-order valence-corrected chi connectivity index (χ2v) is 3.71. The molecule has 0 amide bonds. The summed E-state index contributed by atoms with van der Waals surface area (Å²) >= 11 is 4.31. The highest BCUT2D eigenvalue weighted by atomic mass is 32.1. The highest BCUT2D eigenvalue weighted by Crippen LogP contribution is 2.01. The summed E-state index contributed by atoms with van der Waals surface area (Å²) in [6.07, 6.45) is 6.06. The average Bonchev–Trinajstić information content (AvgIpc) is 2.12. The third-order valence-electron chi connectivity index (χ3n) is 1.71. The zero-order valence-corrected chi connectivity index (χ0v) is 9.19. The fraction of sp³-hybridized carbons (Fsp3) is 0.600. The van der Waals surface area contributed by atoms with Gasteiger partial charge in [-0.3, -0.25) is 0 Å². The zero-order valence-electron chi connectivity index (χ0n) is 8.29. The lowest BCUT2D eigenvalue weighted by molar-refractivity contribution is 0.666. The lowest BCUT2D eigenvalue weighted by Gasteiger charge is -2.08. The number of hydrogen-bond donors (Lipinski definition) is 3. The summed E-state index contributed by atoms with van der Waals surface area (Å²) in [4.78, 5) is 0. The summed E-state index contributed by atoms with van der Waals surface area (Å²) in [6.45, 7) is 7.41. The molecule has 0 aromatic carbocycles. The van der Waals surface area contributed by atoms with Crippen LogP contribution in [0.15, 0.2) is 24.4 Å². The number of thiol groups is 1. The summed E-state index contributed by atoms with van der Waals surface area (Å²) in [6, 6.07) is 0. The normalized spacial score (nSPS) is 13.2. The summed E-state index contributed by atoms with van der Waals surface area (Å²) in [5.41, 5.74) is 6.40. The van der Waals surface area contributed by atoms with Gasteiger partial charge in [0.05, 0.1) is 0 Å². The molecule has 1 atom stereocenters. The van der Waals surface area contributed by atoms with Gasteiger partial charge in [0.15, 0.2) is 0 Å². The third kappa shape index (κ3) is 7.94. The van der Waals surface area contributed by atoms with E-state index in [0.29, 0.717) is 11.8 Å². The van der Waals surface area contributed by atoms with Crippen molar-refractivity contribution in [3.8, 4) is 0 Å². The maximum Gasteiger partial charge on any atom is 0.0263 e. The van der Waals surface area contributed by atoms with Gasteiger partial charge in [0.2, 0.25) is 0 Å². The molecule has 3 N–H and O–H groups in total. The number of hydrogen-bond acceptors (Lipinski definition) is 3. The second-order valence-electron chi connectivity index (χ2n) is 2.98. The Morgan fingerprint density at radius 3 is 2.92 bits per heavy atom. The molecule has 0 aliphatic heterocycles. The van der Waals surface area contributed by atoms with Crippen molar-refractivity contribution in [1.82, 2.24) is 5.32 Å². The van der Waals surface area contributed by atoms with Crippen LogP contribution in [0.3, 0.4) is 0 Å². The smallest absolute Gasteiger partial charge is 0.0263 e. The van der Waals surface area contributed by atoms with Gasteiger partial charge in [0.1, 0.15) is 0 Å². The molecule has 0 fully saturated rings. The Kier molecular flexibility index (Phi) is 7.94. The van der Waals surface area contributed by atoms with Crippen LogP contribution in [0.1, 0.15) is 19.8 Å². The summed E-state index contributed by atoms with van der Waals surface area (Å²) in [7, 11) is 0. The molecule has 0 saturated carbocycles. The molecule has 0 aromatic rings. The van der Waals surface area contributed by atoms with Crippen LogP contribution < -0.4 is 11.1 Å². The number of rotatable bonds is 7. The first-order valence-electron chi connectivity index (χ1n) is 4.64. The molecular weight excluding hydrogens is 180 g/mol. The quantitative estimate of drug-likeness (QED) is 0.332. The molecule has 3 heteroatoms. The third-order valence-corrected chi connectivity index (χ3v) is 2.18. The van der Waals surface area contributed by atoms with Crippen molar-refractivity contribution in [2.24, 2.45) is 5.73 Å². The predicted octanol–water partition coefficient (Wildman–Crippen LogP) is 1.70. The zero-order chi connectivity index (χ0) is 10.1. The number of nitrogens with one attached hydrogen (secondary N) is 1. The van der Waals surface area contributed by atoms with Gasteiger partial charge >= 0.3 is 0 Å². The van der Waals surface area contributed by atoms with Gasteiger partial charge < -0.3 is 11.1 Å². The standard InChI is InChI=1S/C10H20N2S/c1-3-5-9(2)12-7-4-6-10(13)8-11/h3,5,10,12-13H,2,4,6-8,11H2,1H3/b5-3-/t10-/m0/s1. The van der Waals surface area contributed by atoms with Crippen LogP contribution in [-0.4, -0.2) is 18.3 Å². The average molecular weight is 200 g/mol. The van der Waals surface area contributed by atoms with Crippen LogP contribution in [0, 0.1) is 0 Å². The predicted molar refractivity (Wildman–Crippen MR) is 63.0 cm³/mol. The first kappa shape index (κ1) is 12.6. The molecule has 0 aliphatic rings. The van der Waals surface area contributed by atoms with Gasteiger partial charge in [0.25, 0.3) is 0 Å². The van der Waals surface area contributed by atoms with Gasteiger partial charge in [-0.25, -0.2) is 0 Å². The van der Waals surface area contributed by atoms with Gasteiger partial charge in [-0.05, 0) is 25.8 Å². The van der Waals surface area contributed by atoms with E-state index in [4.69, 9.17) is 5.73 Å². The molecule has 0 unspecified atom stereocenters. The topological polar surface area (TPSA) is 38.0 Å². The highest BCUT2D eigenvalue weighted by molar-refractivity contribution is 7.81. The monoisotopic (exact) mass is 200 g/mol. The minimum absolute atomic E-state index is 0.330. The van der Waals surface area contributed by atoms with Crippen LogP contribution in [0.5, 0.6) is 0 Å². The maximum atomic E-state index is 5.44. The van der Waals surface area contributed by atoms with Gasteiger partial charge in [0, 0.05) is 24.0 Å². The SMILES string of the molecule is C=C(/C=C\C)NCCC[C@H](S)CN. The minimum atomic E-state index is 0.330. The van der Waals surface area contributed by atoms with Crippen LogP contribution in [0.4, 0.5) is 0 Å². The Balaban J connectivity index is 3.30. The Bertz CT molecular complexity index is 166. The molecule has 0 saturated heterocycles. The molecule has 0 bridgehead atoms. The Morgan fingerprint density at radius 1 is 1.69 bits per heavy atom. The van der Waals surface area contributed by atoms with E-state index in [2.05, 4.69) is 24.5 Å². The lowest BCUT2D eigenvalue weighted by Crippen LogP contribution is -2.18. The molecule has 76 valence electrons. The van der Waals surface area contributed by atoms with E-state index in [0.717, 1.165) is 25.1 Å². The summed E-state index contributed by atoms with van der Waals surface area (Å²) in [5, 5.41) is 3.54. The Morgan fingerprint density at radius 2 is 2.38 bits per heavy atom. The van der Waals surface area contributed by atoms with E-state index in [-0.39, 0.29) is 0 Å². The van der Waals surface area contributed by atoms with Gasteiger partial charge in [-0.15, -0.1) is 0 Å². The van der Waals surface area contributed by atoms with E-state index in [9.17, 15) is 0 Å². The molecule has 13 heavy (non-hydrogen) atoms. The van der Waals surface area contributed by atoms with Gasteiger partial charge in [-0.1, -0.05) is 12.7 Å². The molecular formula is C10H20N2S. The van der Waals surface area contributed by atoms with Crippen molar-refractivity contribution < 1.29 is 0 Å². The van der Waals surface area contributed by atoms with Crippen molar-refractivity contribution in [2.75, 3.05) is 13.1 Å². The fourth-order valence-electron chi connectivity index (χ4n) is 0.965. The van der Waals surface area contributed by atoms with Gasteiger partial charge in [-0.2, -0.15) is 12.6 Å². The number of allylic oxidation sites excluding steroid dienone is 2. The van der Waals surface area contributed by atoms with E-state index in [1.165, 1.54) is 0 Å². The van der Waals surface area contributed by atoms with Crippen molar-refractivity contribution in [1.29, 1.82) is 0 Å². The molecule has 0 aromatic heterocycles. The maximum absolute atomic E-state index is 5.44. The first-order valence-corrected chi connectivity index (χ1v) is 5.16. The second kappa shape index (κ2) is 8.20. The number of nitrogens with two attached hydrogens (primary N) is 1. The largest absolute Gasteiger partial charge is 0.386 e. The summed E-state index contributed by atoms with van der Waals surface area (Å²) < 4.78 is 0. The van der Waals surface area contributed by atoms with E-state index in [1.54, 1.807) is 0 Å². The Hall–Kier alpha value is -0.410. The molecule has 0 heterocycles. The van der Waals surface area contributed by atoms with Crippen molar-refractivity contribution in [2.45, 2.75) is 25.0 Å². The molecule has 2 nitrogen and oxygen atoms in total. The molecule has 0 radical (unpaired) electrons. The van der Waals surface area contributed by atoms with E-state index >= 15 is 0 Å². The fourth-order valence-corrected chi connectivity index (χ4v) is 1.15. The molecule has 0 aliphatic carbocycles. The molecule has 0 spiro atoms. The lowest BCUT2D eigenvalue weighted by atomic mass is 10.2. The van der Waals surface area contributed by atoms with Crippen LogP contribution >= 0.6 is 12.6 Å². The minimum Gasteiger partial charge on any atom is -0.386 e. The van der Waals surface area contributed by atoms with Crippen molar-refractivity contribution >= 4 is 12.6 Å². The Labute approximate surface area is 86.7 Å². The highest BCUT2D eigenvalue weighted by Gasteiger charge is 1.98. The van der Waals surface area contributed by atoms with Crippen LogP contribution in [-0.2, 0) is 0 Å². The van der Waals surface area contributed by atoms with E-state index in [1.807, 2.05) is 19.1 Å². The van der Waals surface area contributed by atoms with E-state index < -0.39 is 0 Å². The molecule has 0 rings (SSSR count). The van der Waals surface area contributed by atoms with Crippen LogP contribution in [0.2, 0.25) is 0 Å². The van der Waals surface area contributed by atoms with Crippen molar-refractivity contribution in [3.05, 3.63) is 24.4 Å². The first-order chi connectivity index (χ1) is 6.20. The van der Waals surface area contributed by atoms with Crippen LogP contribution in [0.25, 0.3) is 0 Å².